The van der Waals surface area contributed by atoms with Crippen molar-refractivity contribution < 1.29 is 5.11 Å². The van der Waals surface area contributed by atoms with Gasteiger partial charge in [0, 0.05) is 0 Å². The van der Waals surface area contributed by atoms with Gasteiger partial charge < -0.3 is 5.11 Å². The van der Waals surface area contributed by atoms with Crippen molar-refractivity contribution in [3.05, 3.63) is 11.6 Å². The van der Waals surface area contributed by atoms with E-state index in [1.54, 1.807) is 5.57 Å². The molecule has 4 aliphatic rings. The average Bonchev–Trinajstić information content (AvgIpc) is 2.91. The standard InChI is InChI=1S/C19H30O/c1-2-19-10-3-4-18(19)17-7-5-13-12-14(20)6-8-15(13)16(17)9-11-19/h12,14-18,20H,2-11H2,1H3/t14?,15-,16+,17+,18-,19-/m0/s1. The first kappa shape index (κ1) is 13.4. The van der Waals surface area contributed by atoms with E-state index in [0.29, 0.717) is 0 Å². The molecule has 0 aromatic carbocycles. The average molecular weight is 274 g/mol. The highest BCUT2D eigenvalue weighted by atomic mass is 16.3. The van der Waals surface area contributed by atoms with Gasteiger partial charge in [0.1, 0.15) is 0 Å². The SMILES string of the molecule is CC[C@@]12CCC[C@H]1[C@@H]1CCC3=CC(O)CC[C@@H]3[C@H]1CC2. The molecule has 0 amide bonds. The van der Waals surface area contributed by atoms with Crippen LogP contribution in [0.15, 0.2) is 11.6 Å². The molecule has 0 saturated heterocycles. The highest BCUT2D eigenvalue weighted by Gasteiger charge is 2.53. The largest absolute Gasteiger partial charge is 0.389 e. The van der Waals surface area contributed by atoms with Crippen molar-refractivity contribution >= 4 is 0 Å². The van der Waals surface area contributed by atoms with E-state index in [9.17, 15) is 5.11 Å². The van der Waals surface area contributed by atoms with Crippen LogP contribution in [0, 0.1) is 29.1 Å². The summed E-state index contributed by atoms with van der Waals surface area (Å²) in [6.07, 6.45) is 16.0. The van der Waals surface area contributed by atoms with Crippen LogP contribution in [0.4, 0.5) is 0 Å². The summed E-state index contributed by atoms with van der Waals surface area (Å²) < 4.78 is 0. The van der Waals surface area contributed by atoms with Crippen LogP contribution >= 0.6 is 0 Å². The van der Waals surface area contributed by atoms with Crippen LogP contribution in [0.5, 0.6) is 0 Å². The number of aliphatic hydroxyl groups excluding tert-OH is 1. The van der Waals surface area contributed by atoms with Crippen molar-refractivity contribution in [1.82, 2.24) is 0 Å². The van der Waals surface area contributed by atoms with Gasteiger partial charge >= 0.3 is 0 Å². The van der Waals surface area contributed by atoms with Gasteiger partial charge in [-0.3, -0.25) is 0 Å². The quantitative estimate of drug-likeness (QED) is 0.687. The van der Waals surface area contributed by atoms with Crippen molar-refractivity contribution in [3.8, 4) is 0 Å². The lowest BCUT2D eigenvalue weighted by molar-refractivity contribution is -0.0170. The fraction of sp³-hybridized carbons (Fsp3) is 0.895. The molecule has 3 fully saturated rings. The zero-order valence-corrected chi connectivity index (χ0v) is 13.0. The summed E-state index contributed by atoms with van der Waals surface area (Å²) in [4.78, 5) is 0. The summed E-state index contributed by atoms with van der Waals surface area (Å²) in [6, 6.07) is 0. The lowest BCUT2D eigenvalue weighted by Crippen LogP contribution is -2.45. The summed E-state index contributed by atoms with van der Waals surface area (Å²) in [5.41, 5.74) is 2.36. The van der Waals surface area contributed by atoms with Gasteiger partial charge in [-0.15, -0.1) is 0 Å². The van der Waals surface area contributed by atoms with Gasteiger partial charge in [0.15, 0.2) is 0 Å². The molecular weight excluding hydrogens is 244 g/mol. The van der Waals surface area contributed by atoms with Crippen LogP contribution in [-0.4, -0.2) is 11.2 Å². The van der Waals surface area contributed by atoms with Gasteiger partial charge in [-0.2, -0.15) is 0 Å². The van der Waals surface area contributed by atoms with Crippen molar-refractivity contribution in [2.24, 2.45) is 29.1 Å². The second kappa shape index (κ2) is 4.87. The van der Waals surface area contributed by atoms with Crippen LogP contribution in [0.2, 0.25) is 0 Å². The number of hydrogen-bond donors (Lipinski definition) is 1. The molecule has 112 valence electrons. The molecule has 0 aromatic heterocycles. The molecule has 1 unspecified atom stereocenters. The Labute approximate surface area is 123 Å². The second-order valence-corrected chi connectivity index (χ2v) is 8.11. The van der Waals surface area contributed by atoms with Crippen LogP contribution < -0.4 is 0 Å². The molecule has 0 heterocycles. The summed E-state index contributed by atoms with van der Waals surface area (Å²) in [5.74, 6) is 3.86. The van der Waals surface area contributed by atoms with Gasteiger partial charge in [-0.1, -0.05) is 31.4 Å². The monoisotopic (exact) mass is 274 g/mol. The fourth-order valence-corrected chi connectivity index (χ4v) is 6.72. The Morgan fingerprint density at radius 2 is 2.00 bits per heavy atom. The summed E-state index contributed by atoms with van der Waals surface area (Å²) >= 11 is 0. The maximum Gasteiger partial charge on any atom is 0.0723 e. The van der Waals surface area contributed by atoms with Crippen LogP contribution in [0.25, 0.3) is 0 Å². The van der Waals surface area contributed by atoms with Crippen molar-refractivity contribution in [2.75, 3.05) is 0 Å². The van der Waals surface area contributed by atoms with Crippen LogP contribution in [0.3, 0.4) is 0 Å². The molecule has 0 aliphatic heterocycles. The summed E-state index contributed by atoms with van der Waals surface area (Å²) in [7, 11) is 0. The third-order valence-corrected chi connectivity index (χ3v) is 7.66. The molecule has 4 rings (SSSR count). The molecule has 0 spiro atoms. The number of aliphatic hydroxyl groups is 1. The molecule has 6 atom stereocenters. The molecule has 1 heteroatoms. The first-order chi connectivity index (χ1) is 9.73. The van der Waals surface area contributed by atoms with Gasteiger partial charge in [0.05, 0.1) is 6.10 Å². The van der Waals surface area contributed by atoms with Crippen LogP contribution in [-0.2, 0) is 0 Å². The Morgan fingerprint density at radius 3 is 2.85 bits per heavy atom. The molecule has 0 aromatic rings. The van der Waals surface area contributed by atoms with E-state index in [1.807, 2.05) is 0 Å². The Morgan fingerprint density at radius 1 is 1.10 bits per heavy atom. The van der Waals surface area contributed by atoms with E-state index in [2.05, 4.69) is 13.0 Å². The topological polar surface area (TPSA) is 20.2 Å². The van der Waals surface area contributed by atoms with Crippen LogP contribution in [0.1, 0.15) is 71.1 Å². The van der Waals surface area contributed by atoms with Crippen molar-refractivity contribution in [2.45, 2.75) is 77.2 Å². The minimum Gasteiger partial charge on any atom is -0.389 e. The predicted molar refractivity (Wildman–Crippen MR) is 82.3 cm³/mol. The normalized spacial score (nSPS) is 50.9. The number of fused-ring (bicyclic) bond motifs is 5. The van der Waals surface area contributed by atoms with E-state index in [4.69, 9.17) is 0 Å². The molecule has 4 aliphatic carbocycles. The first-order valence-electron chi connectivity index (χ1n) is 9.12. The highest BCUT2D eigenvalue weighted by Crippen LogP contribution is 2.63. The predicted octanol–water partition coefficient (Wildman–Crippen LogP) is 4.70. The minimum absolute atomic E-state index is 0.136. The highest BCUT2D eigenvalue weighted by molar-refractivity contribution is 5.19. The molecule has 1 nitrogen and oxygen atoms in total. The molecule has 3 saturated carbocycles. The van der Waals surface area contributed by atoms with E-state index in [1.165, 1.54) is 57.8 Å². The van der Waals surface area contributed by atoms with Crippen molar-refractivity contribution in [1.29, 1.82) is 0 Å². The zero-order valence-electron chi connectivity index (χ0n) is 13.0. The maximum atomic E-state index is 9.90. The van der Waals surface area contributed by atoms with Crippen molar-refractivity contribution in [3.63, 3.8) is 0 Å². The lowest BCUT2D eigenvalue weighted by atomic mass is 9.51. The second-order valence-electron chi connectivity index (χ2n) is 8.11. The Bertz CT molecular complexity index is 412. The summed E-state index contributed by atoms with van der Waals surface area (Å²) in [6.45, 7) is 2.45. The fourth-order valence-electron chi connectivity index (χ4n) is 6.72. The van der Waals surface area contributed by atoms with E-state index >= 15 is 0 Å². The van der Waals surface area contributed by atoms with Gasteiger partial charge in [-0.25, -0.2) is 0 Å². The molecule has 0 radical (unpaired) electrons. The zero-order chi connectivity index (χ0) is 13.7. The van der Waals surface area contributed by atoms with E-state index < -0.39 is 0 Å². The first-order valence-corrected chi connectivity index (χ1v) is 9.12. The Hall–Kier alpha value is -0.300. The molecule has 0 bridgehead atoms. The van der Waals surface area contributed by atoms with E-state index in [-0.39, 0.29) is 6.10 Å². The third kappa shape index (κ3) is 1.85. The molecular formula is C19H30O. The molecule has 20 heavy (non-hydrogen) atoms. The van der Waals surface area contributed by atoms with Gasteiger partial charge in [-0.05, 0) is 80.5 Å². The smallest absolute Gasteiger partial charge is 0.0723 e. The maximum absolute atomic E-state index is 9.90. The number of allylic oxidation sites excluding steroid dienone is 1. The van der Waals surface area contributed by atoms with Gasteiger partial charge in [0.25, 0.3) is 0 Å². The lowest BCUT2D eigenvalue weighted by Gasteiger charge is -2.54. The minimum atomic E-state index is -0.136. The molecule has 1 N–H and O–H groups in total. The number of hydrogen-bond acceptors (Lipinski definition) is 1. The van der Waals surface area contributed by atoms with E-state index in [0.717, 1.165) is 35.5 Å². The number of rotatable bonds is 1. The van der Waals surface area contributed by atoms with Gasteiger partial charge in [0.2, 0.25) is 0 Å². The third-order valence-electron chi connectivity index (χ3n) is 7.66. The Balaban J connectivity index is 1.61. The Kier molecular flexibility index (Phi) is 3.25. The summed E-state index contributed by atoms with van der Waals surface area (Å²) in [5, 5.41) is 9.90.